The second kappa shape index (κ2) is 7.01. The van der Waals surface area contributed by atoms with Gasteiger partial charge in [0, 0.05) is 35.9 Å². The minimum atomic E-state index is 0.206. The normalized spacial score (nSPS) is 15.1. The van der Waals surface area contributed by atoms with E-state index in [2.05, 4.69) is 16.9 Å². The van der Waals surface area contributed by atoms with Gasteiger partial charge < -0.3 is 4.90 Å². The van der Waals surface area contributed by atoms with Crippen molar-refractivity contribution in [3.05, 3.63) is 35.6 Å². The van der Waals surface area contributed by atoms with Gasteiger partial charge >= 0.3 is 0 Å². The molecule has 0 aromatic carbocycles. The number of likely N-dealkylation sites (N-methyl/N-ethyl adjacent to an activating group) is 1. The summed E-state index contributed by atoms with van der Waals surface area (Å²) in [5, 5.41) is 2.92. The highest BCUT2D eigenvalue weighted by molar-refractivity contribution is 7.13. The molecule has 0 aliphatic heterocycles. The summed E-state index contributed by atoms with van der Waals surface area (Å²) in [7, 11) is 0. The summed E-state index contributed by atoms with van der Waals surface area (Å²) in [6.07, 6.45) is 8.76. The standard InChI is InChI=1S/C17H21N3OS/c1-2-20(15-7-3-4-8-15)16(21)10-14-12-22-17(19-14)13-6-5-9-18-11-13/h5-6,9,11-12,15H,2-4,7-8,10H2,1H3. The number of amides is 1. The van der Waals surface area contributed by atoms with Gasteiger partial charge in [-0.25, -0.2) is 4.98 Å². The number of hydrogen-bond donors (Lipinski definition) is 0. The molecule has 116 valence electrons. The quantitative estimate of drug-likeness (QED) is 0.848. The summed E-state index contributed by atoms with van der Waals surface area (Å²) in [4.78, 5) is 23.3. The maximum atomic E-state index is 12.6. The van der Waals surface area contributed by atoms with Crippen molar-refractivity contribution in [2.24, 2.45) is 0 Å². The number of nitrogens with zero attached hydrogens (tertiary/aromatic N) is 3. The second-order valence-corrected chi connectivity index (χ2v) is 6.54. The van der Waals surface area contributed by atoms with Crippen LogP contribution in [0.2, 0.25) is 0 Å². The van der Waals surface area contributed by atoms with Crippen LogP contribution in [-0.4, -0.2) is 33.4 Å². The van der Waals surface area contributed by atoms with Crippen molar-refractivity contribution in [1.82, 2.24) is 14.9 Å². The molecule has 1 aliphatic rings. The molecule has 1 amide bonds. The molecule has 0 unspecified atom stereocenters. The van der Waals surface area contributed by atoms with Gasteiger partial charge in [0.05, 0.1) is 12.1 Å². The molecule has 0 saturated heterocycles. The second-order valence-electron chi connectivity index (χ2n) is 5.68. The largest absolute Gasteiger partial charge is 0.340 e. The highest BCUT2D eigenvalue weighted by Crippen LogP contribution is 2.25. The van der Waals surface area contributed by atoms with Crippen LogP contribution in [0.15, 0.2) is 29.9 Å². The van der Waals surface area contributed by atoms with Crippen LogP contribution in [0.1, 0.15) is 38.3 Å². The van der Waals surface area contributed by atoms with E-state index in [4.69, 9.17) is 0 Å². The summed E-state index contributed by atoms with van der Waals surface area (Å²) in [5.74, 6) is 0.206. The average molecular weight is 315 g/mol. The Hall–Kier alpha value is -1.75. The Balaban J connectivity index is 1.67. The van der Waals surface area contributed by atoms with E-state index in [1.54, 1.807) is 23.7 Å². The van der Waals surface area contributed by atoms with Gasteiger partial charge in [-0.15, -0.1) is 11.3 Å². The first kappa shape index (κ1) is 15.2. The maximum Gasteiger partial charge on any atom is 0.228 e. The van der Waals surface area contributed by atoms with E-state index in [0.29, 0.717) is 12.5 Å². The van der Waals surface area contributed by atoms with Gasteiger partial charge in [0.1, 0.15) is 5.01 Å². The van der Waals surface area contributed by atoms with Crippen molar-refractivity contribution in [3.8, 4) is 10.6 Å². The molecule has 2 heterocycles. The maximum absolute atomic E-state index is 12.6. The van der Waals surface area contributed by atoms with E-state index in [-0.39, 0.29) is 5.91 Å². The Morgan fingerprint density at radius 1 is 1.41 bits per heavy atom. The van der Waals surface area contributed by atoms with Crippen LogP contribution >= 0.6 is 11.3 Å². The predicted molar refractivity (Wildman–Crippen MR) is 88.7 cm³/mol. The summed E-state index contributed by atoms with van der Waals surface area (Å²) in [6, 6.07) is 4.34. The van der Waals surface area contributed by atoms with Crippen molar-refractivity contribution in [2.75, 3.05) is 6.54 Å². The molecular formula is C17H21N3OS. The molecule has 22 heavy (non-hydrogen) atoms. The zero-order chi connectivity index (χ0) is 15.4. The summed E-state index contributed by atoms with van der Waals surface area (Å²) < 4.78 is 0. The van der Waals surface area contributed by atoms with Crippen molar-refractivity contribution in [2.45, 2.75) is 45.1 Å². The highest BCUT2D eigenvalue weighted by Gasteiger charge is 2.25. The van der Waals surface area contributed by atoms with Crippen LogP contribution < -0.4 is 0 Å². The Bertz CT molecular complexity index is 620. The number of carbonyl (C=O) groups is 1. The third-order valence-electron chi connectivity index (χ3n) is 4.22. The van der Waals surface area contributed by atoms with Gasteiger partial charge in [-0.3, -0.25) is 9.78 Å². The third-order valence-corrected chi connectivity index (χ3v) is 5.16. The van der Waals surface area contributed by atoms with Gasteiger partial charge in [0.2, 0.25) is 5.91 Å². The van der Waals surface area contributed by atoms with Crippen LogP contribution in [0.3, 0.4) is 0 Å². The van der Waals surface area contributed by atoms with E-state index < -0.39 is 0 Å². The fourth-order valence-electron chi connectivity index (χ4n) is 3.12. The lowest BCUT2D eigenvalue weighted by Gasteiger charge is -2.27. The Labute approximate surface area is 135 Å². The highest BCUT2D eigenvalue weighted by atomic mass is 32.1. The van der Waals surface area contributed by atoms with Crippen molar-refractivity contribution in [3.63, 3.8) is 0 Å². The smallest absolute Gasteiger partial charge is 0.228 e. The number of rotatable bonds is 5. The van der Waals surface area contributed by atoms with Crippen molar-refractivity contribution < 1.29 is 4.79 Å². The number of thiazole rings is 1. The molecule has 0 bridgehead atoms. The van der Waals surface area contributed by atoms with Crippen LogP contribution in [0, 0.1) is 0 Å². The molecule has 2 aromatic heterocycles. The molecule has 0 spiro atoms. The summed E-state index contributed by atoms with van der Waals surface area (Å²) in [5.41, 5.74) is 1.87. The molecule has 0 N–H and O–H groups in total. The number of aromatic nitrogens is 2. The topological polar surface area (TPSA) is 46.1 Å². The number of hydrogen-bond acceptors (Lipinski definition) is 4. The Kier molecular flexibility index (Phi) is 4.83. The molecule has 0 atom stereocenters. The molecular weight excluding hydrogens is 294 g/mol. The van der Waals surface area contributed by atoms with E-state index >= 15 is 0 Å². The first-order chi connectivity index (χ1) is 10.8. The van der Waals surface area contributed by atoms with Crippen LogP contribution in [0.25, 0.3) is 10.6 Å². The van der Waals surface area contributed by atoms with Crippen LogP contribution in [0.4, 0.5) is 0 Å². The molecule has 5 heteroatoms. The molecule has 1 fully saturated rings. The third kappa shape index (κ3) is 3.35. The van der Waals surface area contributed by atoms with E-state index in [9.17, 15) is 4.79 Å². The minimum absolute atomic E-state index is 0.206. The minimum Gasteiger partial charge on any atom is -0.340 e. The first-order valence-corrected chi connectivity index (χ1v) is 8.80. The lowest BCUT2D eigenvalue weighted by Crippen LogP contribution is -2.39. The van der Waals surface area contributed by atoms with Crippen molar-refractivity contribution >= 4 is 17.2 Å². The van der Waals surface area contributed by atoms with Gasteiger partial charge in [0.15, 0.2) is 0 Å². The van der Waals surface area contributed by atoms with Crippen LogP contribution in [-0.2, 0) is 11.2 Å². The Morgan fingerprint density at radius 3 is 2.91 bits per heavy atom. The molecule has 1 saturated carbocycles. The van der Waals surface area contributed by atoms with Gasteiger partial charge in [-0.1, -0.05) is 12.8 Å². The molecule has 2 aromatic rings. The molecule has 3 rings (SSSR count). The number of carbonyl (C=O) groups excluding carboxylic acids is 1. The SMILES string of the molecule is CCN(C(=O)Cc1csc(-c2cccnc2)n1)C1CCCC1. The fourth-order valence-corrected chi connectivity index (χ4v) is 3.93. The zero-order valence-electron chi connectivity index (χ0n) is 12.9. The van der Waals surface area contributed by atoms with Gasteiger partial charge in [0.25, 0.3) is 0 Å². The Morgan fingerprint density at radius 2 is 2.23 bits per heavy atom. The monoisotopic (exact) mass is 315 g/mol. The van der Waals surface area contributed by atoms with E-state index in [0.717, 1.165) is 35.7 Å². The number of pyridine rings is 1. The van der Waals surface area contributed by atoms with Crippen LogP contribution in [0.5, 0.6) is 0 Å². The predicted octanol–water partition coefficient (Wildman–Crippen LogP) is 3.54. The molecule has 0 radical (unpaired) electrons. The van der Waals surface area contributed by atoms with Gasteiger partial charge in [-0.2, -0.15) is 0 Å². The lowest BCUT2D eigenvalue weighted by atomic mass is 10.2. The summed E-state index contributed by atoms with van der Waals surface area (Å²) in [6.45, 7) is 2.86. The lowest BCUT2D eigenvalue weighted by molar-refractivity contribution is -0.132. The van der Waals surface area contributed by atoms with Gasteiger partial charge in [-0.05, 0) is 31.9 Å². The molecule has 4 nitrogen and oxygen atoms in total. The summed E-state index contributed by atoms with van der Waals surface area (Å²) >= 11 is 1.57. The zero-order valence-corrected chi connectivity index (χ0v) is 13.7. The van der Waals surface area contributed by atoms with E-state index in [1.807, 2.05) is 22.4 Å². The molecule has 1 aliphatic carbocycles. The van der Waals surface area contributed by atoms with Crippen molar-refractivity contribution in [1.29, 1.82) is 0 Å². The fraction of sp³-hybridized carbons (Fsp3) is 0.471. The first-order valence-electron chi connectivity index (χ1n) is 7.92. The average Bonchev–Trinajstić information content (AvgIpc) is 3.21. The van der Waals surface area contributed by atoms with E-state index in [1.165, 1.54) is 12.8 Å².